The van der Waals surface area contributed by atoms with E-state index in [1.54, 1.807) is 23.1 Å². The van der Waals surface area contributed by atoms with Crippen molar-refractivity contribution in [3.63, 3.8) is 0 Å². The maximum Gasteiger partial charge on any atom is 0.245 e. The largest absolute Gasteiger partial charge is 0.480 e. The summed E-state index contributed by atoms with van der Waals surface area (Å²) >= 11 is 0. The highest BCUT2D eigenvalue weighted by molar-refractivity contribution is 6.05. The second-order valence-electron chi connectivity index (χ2n) is 9.65. The third-order valence-corrected chi connectivity index (χ3v) is 7.08. The summed E-state index contributed by atoms with van der Waals surface area (Å²) in [5.41, 5.74) is 0.966. The van der Waals surface area contributed by atoms with E-state index in [4.69, 9.17) is 9.47 Å². The minimum absolute atomic E-state index is 0.0230. The van der Waals surface area contributed by atoms with Crippen LogP contribution in [-0.4, -0.2) is 58.8 Å². The summed E-state index contributed by atoms with van der Waals surface area (Å²) in [7, 11) is 1.80. The smallest absolute Gasteiger partial charge is 0.245 e. The molecule has 2 saturated heterocycles. The second-order valence-corrected chi connectivity index (χ2v) is 9.65. The molecule has 3 unspecified atom stereocenters. The predicted octanol–water partition coefficient (Wildman–Crippen LogP) is 3.81. The Morgan fingerprint density at radius 1 is 1.15 bits per heavy atom. The summed E-state index contributed by atoms with van der Waals surface area (Å²) in [5.74, 6) is 0.618. The molecule has 1 N–H and O–H groups in total. The van der Waals surface area contributed by atoms with Crippen LogP contribution in [0.4, 0.5) is 5.69 Å². The van der Waals surface area contributed by atoms with Crippen LogP contribution < -0.4 is 14.8 Å². The summed E-state index contributed by atoms with van der Waals surface area (Å²) in [4.78, 5) is 42.0. The third kappa shape index (κ3) is 4.26. The molecule has 0 bridgehead atoms. The molecular weight excluding hydrogens is 434 g/mol. The van der Waals surface area contributed by atoms with Crippen molar-refractivity contribution < 1.29 is 23.9 Å². The second kappa shape index (κ2) is 9.31. The molecule has 184 valence electrons. The van der Waals surface area contributed by atoms with E-state index in [0.717, 1.165) is 12.0 Å². The van der Waals surface area contributed by atoms with E-state index in [-0.39, 0.29) is 29.8 Å². The van der Waals surface area contributed by atoms with Crippen molar-refractivity contribution in [3.8, 4) is 11.5 Å². The first-order valence-corrected chi connectivity index (χ1v) is 12.3. The zero-order valence-corrected chi connectivity index (χ0v) is 20.7. The number of amides is 3. The molecule has 4 aliphatic rings. The molecule has 0 saturated carbocycles. The summed E-state index contributed by atoms with van der Waals surface area (Å²) in [6.07, 6.45) is 6.55. The molecule has 0 spiro atoms. The number of nitrogens with one attached hydrogen (secondary N) is 1. The van der Waals surface area contributed by atoms with E-state index in [0.29, 0.717) is 49.4 Å². The fourth-order valence-electron chi connectivity index (χ4n) is 5.27. The predicted molar refractivity (Wildman–Crippen MR) is 129 cm³/mol. The van der Waals surface area contributed by atoms with Crippen molar-refractivity contribution >= 4 is 23.4 Å². The van der Waals surface area contributed by atoms with Crippen molar-refractivity contribution in [2.45, 2.75) is 83.4 Å². The number of hydrogen-bond acceptors (Lipinski definition) is 5. The minimum atomic E-state index is -0.519. The SMILES string of the molecule is CC.CN1C(=O)C2CCCC(=O)N2CCC1CC1C(=O)Nc2c1ccc1c2OC=CC(C)(C)O1. The van der Waals surface area contributed by atoms with Gasteiger partial charge in [-0.05, 0) is 57.2 Å². The topological polar surface area (TPSA) is 88.2 Å². The fourth-order valence-corrected chi connectivity index (χ4v) is 5.27. The molecule has 0 aromatic heterocycles. The Morgan fingerprint density at radius 2 is 1.91 bits per heavy atom. The monoisotopic (exact) mass is 469 g/mol. The van der Waals surface area contributed by atoms with Crippen molar-refractivity contribution in [2.24, 2.45) is 0 Å². The summed E-state index contributed by atoms with van der Waals surface area (Å²) in [6, 6.07) is 3.26. The molecule has 0 radical (unpaired) electrons. The maximum atomic E-state index is 13.1. The first-order chi connectivity index (χ1) is 16.2. The number of rotatable bonds is 2. The van der Waals surface area contributed by atoms with Crippen molar-refractivity contribution in [1.82, 2.24) is 9.80 Å². The zero-order chi connectivity index (χ0) is 24.6. The van der Waals surface area contributed by atoms with E-state index < -0.39 is 11.5 Å². The van der Waals surface area contributed by atoms with Crippen LogP contribution in [0.25, 0.3) is 0 Å². The minimum Gasteiger partial charge on any atom is -0.480 e. The Kier molecular flexibility index (Phi) is 6.60. The van der Waals surface area contributed by atoms with Crippen LogP contribution in [0.3, 0.4) is 0 Å². The van der Waals surface area contributed by atoms with Gasteiger partial charge in [0.1, 0.15) is 11.6 Å². The molecule has 4 heterocycles. The van der Waals surface area contributed by atoms with Gasteiger partial charge >= 0.3 is 0 Å². The van der Waals surface area contributed by atoms with Crippen molar-refractivity contribution in [1.29, 1.82) is 0 Å². The Balaban J connectivity index is 0.00000133. The molecule has 34 heavy (non-hydrogen) atoms. The van der Waals surface area contributed by atoms with E-state index in [9.17, 15) is 14.4 Å². The fraction of sp³-hybridized carbons (Fsp3) is 0.577. The Labute approximate surface area is 201 Å². The Hall–Kier alpha value is -3.03. The Bertz CT molecular complexity index is 1020. The van der Waals surface area contributed by atoms with E-state index >= 15 is 0 Å². The zero-order valence-electron chi connectivity index (χ0n) is 20.7. The number of benzene rings is 1. The first kappa shape index (κ1) is 24.1. The molecule has 5 rings (SSSR count). The standard InChI is InChI=1S/C24H29N3O5.C2H6/c1-24(2)10-12-31-21-18(32-24)8-7-15-16(22(29)25-20(15)21)13-14-9-11-27-17(23(30)26(14)3)5-4-6-19(27)28;1-2/h7-8,10,12,14,16-17H,4-6,9,11,13H2,1-3H3,(H,25,29);1-2H3. The molecule has 4 aliphatic heterocycles. The number of anilines is 1. The quantitative estimate of drug-likeness (QED) is 0.712. The highest BCUT2D eigenvalue weighted by Crippen LogP contribution is 2.48. The van der Waals surface area contributed by atoms with E-state index in [1.165, 1.54) is 0 Å². The van der Waals surface area contributed by atoms with Gasteiger partial charge in [-0.2, -0.15) is 0 Å². The molecule has 1 aromatic carbocycles. The molecule has 8 nitrogen and oxygen atoms in total. The lowest BCUT2D eigenvalue weighted by atomic mass is 9.91. The van der Waals surface area contributed by atoms with E-state index in [1.807, 2.05) is 45.9 Å². The summed E-state index contributed by atoms with van der Waals surface area (Å²) in [5, 5.41) is 2.97. The van der Waals surface area contributed by atoms with E-state index in [2.05, 4.69) is 5.32 Å². The number of hydrogen-bond donors (Lipinski definition) is 1. The highest BCUT2D eigenvalue weighted by Gasteiger charge is 2.43. The molecule has 2 fully saturated rings. The van der Waals surface area contributed by atoms with Crippen LogP contribution in [0.2, 0.25) is 0 Å². The van der Waals surface area contributed by atoms with Crippen LogP contribution >= 0.6 is 0 Å². The number of nitrogens with zero attached hydrogens (tertiary/aromatic N) is 2. The van der Waals surface area contributed by atoms with Gasteiger partial charge in [0, 0.05) is 26.1 Å². The summed E-state index contributed by atoms with van der Waals surface area (Å²) in [6.45, 7) is 8.42. The molecule has 8 heteroatoms. The van der Waals surface area contributed by atoms with Gasteiger partial charge in [-0.15, -0.1) is 0 Å². The van der Waals surface area contributed by atoms with Crippen LogP contribution in [0.1, 0.15) is 71.3 Å². The van der Waals surface area contributed by atoms with Crippen LogP contribution in [0, 0.1) is 0 Å². The van der Waals surface area contributed by atoms with Crippen LogP contribution in [0.5, 0.6) is 11.5 Å². The number of fused-ring (bicyclic) bond motifs is 4. The third-order valence-electron chi connectivity index (χ3n) is 7.08. The van der Waals surface area contributed by atoms with Gasteiger partial charge in [0.25, 0.3) is 0 Å². The van der Waals surface area contributed by atoms with Gasteiger partial charge < -0.3 is 24.6 Å². The number of ether oxygens (including phenoxy) is 2. The first-order valence-electron chi connectivity index (χ1n) is 12.3. The lowest BCUT2D eigenvalue weighted by Crippen LogP contribution is -2.50. The number of carbonyl (C=O) groups is 3. The molecule has 3 atom stereocenters. The van der Waals surface area contributed by atoms with Crippen LogP contribution in [-0.2, 0) is 14.4 Å². The maximum absolute atomic E-state index is 13.1. The number of carbonyl (C=O) groups excluding carboxylic acids is 3. The van der Waals surface area contributed by atoms with Gasteiger partial charge in [-0.1, -0.05) is 19.9 Å². The average Bonchev–Trinajstić information content (AvgIpc) is 2.94. The van der Waals surface area contributed by atoms with Gasteiger partial charge in [0.15, 0.2) is 11.5 Å². The normalized spacial score (nSPS) is 27.1. The number of likely N-dealkylation sites (N-methyl/N-ethyl adjacent to an activating group) is 1. The van der Waals surface area contributed by atoms with Gasteiger partial charge in [-0.25, -0.2) is 0 Å². The average molecular weight is 470 g/mol. The lowest BCUT2D eigenvalue weighted by Gasteiger charge is -2.34. The van der Waals surface area contributed by atoms with Gasteiger partial charge in [0.2, 0.25) is 17.7 Å². The van der Waals surface area contributed by atoms with Crippen molar-refractivity contribution in [3.05, 3.63) is 30.0 Å². The summed E-state index contributed by atoms with van der Waals surface area (Å²) < 4.78 is 11.9. The Morgan fingerprint density at radius 3 is 2.68 bits per heavy atom. The van der Waals surface area contributed by atoms with Crippen molar-refractivity contribution in [2.75, 3.05) is 18.9 Å². The molecule has 0 aliphatic carbocycles. The molecule has 1 aromatic rings. The highest BCUT2D eigenvalue weighted by atomic mass is 16.5. The van der Waals surface area contributed by atoms with Crippen LogP contribution in [0.15, 0.2) is 24.5 Å². The lowest BCUT2D eigenvalue weighted by molar-refractivity contribution is -0.146. The molecular formula is C26H35N3O5. The molecule has 3 amide bonds. The van der Waals surface area contributed by atoms with Gasteiger partial charge in [-0.3, -0.25) is 14.4 Å². The number of piperidine rings is 1. The van der Waals surface area contributed by atoms with Gasteiger partial charge in [0.05, 0.1) is 17.9 Å².